The fourth-order valence-corrected chi connectivity index (χ4v) is 6.82. The molecule has 228 valence electrons. The molecular weight excluding hydrogens is 678 g/mol. The van der Waals surface area contributed by atoms with Gasteiger partial charge in [0.25, 0.3) is 11.8 Å². The molecule has 0 aliphatic carbocycles. The van der Waals surface area contributed by atoms with Crippen molar-refractivity contribution in [1.29, 1.82) is 0 Å². The fourth-order valence-electron chi connectivity index (χ4n) is 5.23. The van der Waals surface area contributed by atoms with E-state index in [0.29, 0.717) is 46.9 Å². The van der Waals surface area contributed by atoms with Crippen molar-refractivity contribution < 1.29 is 33.0 Å². The van der Waals surface area contributed by atoms with E-state index in [-0.39, 0.29) is 61.8 Å². The van der Waals surface area contributed by atoms with Gasteiger partial charge in [0.05, 0.1) is 42.4 Å². The third kappa shape index (κ3) is 7.59. The van der Waals surface area contributed by atoms with Crippen LogP contribution in [0.5, 0.6) is 0 Å². The number of likely N-dealkylation sites (tertiary alicyclic amines) is 1. The standard InChI is InChI=1S/C29H36FIN4O6S/c1-5-40-22(36)14-35(15-23(37)41-6-2)18-9-10-34(13-18)28(39)24-19-12-29(3,4)16-32-26(38)25(19)42-27(24)33-21-8-7-17(31)11-20(21)30/h7-8,11,18,33H,5-6,9-10,12-16H2,1-4H3,(H,32,38). The second kappa shape index (κ2) is 13.7. The van der Waals surface area contributed by atoms with Crippen LogP contribution in [-0.2, 0) is 25.5 Å². The Hall–Kier alpha value is -2.78. The lowest BCUT2D eigenvalue weighted by Gasteiger charge is -2.27. The third-order valence-corrected chi connectivity index (χ3v) is 9.05. The van der Waals surface area contributed by atoms with Crippen molar-refractivity contribution in [2.75, 3.05) is 51.3 Å². The van der Waals surface area contributed by atoms with E-state index < -0.39 is 17.8 Å². The van der Waals surface area contributed by atoms with Crippen molar-refractivity contribution in [3.8, 4) is 0 Å². The molecule has 0 spiro atoms. The van der Waals surface area contributed by atoms with E-state index in [1.54, 1.807) is 35.8 Å². The number of anilines is 2. The Morgan fingerprint density at radius 3 is 2.48 bits per heavy atom. The molecule has 3 heterocycles. The van der Waals surface area contributed by atoms with Crippen molar-refractivity contribution in [2.45, 2.75) is 46.6 Å². The molecule has 2 aromatic rings. The van der Waals surface area contributed by atoms with Crippen molar-refractivity contribution in [1.82, 2.24) is 15.1 Å². The summed E-state index contributed by atoms with van der Waals surface area (Å²) in [5.74, 6) is -1.95. The predicted molar refractivity (Wildman–Crippen MR) is 166 cm³/mol. The smallest absolute Gasteiger partial charge is 0.320 e. The lowest BCUT2D eigenvalue weighted by Crippen LogP contribution is -2.45. The van der Waals surface area contributed by atoms with Crippen LogP contribution in [0.1, 0.15) is 59.7 Å². The summed E-state index contributed by atoms with van der Waals surface area (Å²) in [4.78, 5) is 55.8. The molecule has 1 aromatic heterocycles. The largest absolute Gasteiger partial charge is 0.465 e. The van der Waals surface area contributed by atoms with Gasteiger partial charge >= 0.3 is 11.9 Å². The highest BCUT2D eigenvalue weighted by Gasteiger charge is 2.39. The van der Waals surface area contributed by atoms with E-state index in [4.69, 9.17) is 9.47 Å². The maximum Gasteiger partial charge on any atom is 0.320 e. The van der Waals surface area contributed by atoms with Crippen LogP contribution >= 0.6 is 33.9 Å². The maximum atomic E-state index is 14.9. The van der Waals surface area contributed by atoms with Crippen LogP contribution in [0.4, 0.5) is 15.1 Å². The average Bonchev–Trinajstić information content (AvgIpc) is 3.51. The summed E-state index contributed by atoms with van der Waals surface area (Å²) in [5.41, 5.74) is 0.874. The van der Waals surface area contributed by atoms with Gasteiger partial charge in [0, 0.05) is 29.2 Å². The van der Waals surface area contributed by atoms with Crippen molar-refractivity contribution in [3.05, 3.63) is 43.6 Å². The summed E-state index contributed by atoms with van der Waals surface area (Å²) in [6, 6.07) is 4.47. The number of thiophene rings is 1. The van der Waals surface area contributed by atoms with Crippen LogP contribution in [-0.4, -0.2) is 85.5 Å². The summed E-state index contributed by atoms with van der Waals surface area (Å²) in [6.45, 7) is 8.77. The SMILES string of the molecule is CCOC(=O)CN(CC(=O)OCC)C1CCN(C(=O)c2c(Nc3ccc(I)cc3F)sc3c2CC(C)(C)CNC3=O)C1. The Kier molecular flexibility index (Phi) is 10.5. The Bertz CT molecular complexity index is 1350. The van der Waals surface area contributed by atoms with Gasteiger partial charge in [0.15, 0.2) is 0 Å². The quantitative estimate of drug-likeness (QED) is 0.278. The van der Waals surface area contributed by atoms with Gasteiger partial charge in [-0.2, -0.15) is 0 Å². The second-order valence-electron chi connectivity index (χ2n) is 11.1. The number of rotatable bonds is 10. The van der Waals surface area contributed by atoms with Crippen LogP contribution in [0.2, 0.25) is 0 Å². The van der Waals surface area contributed by atoms with E-state index in [0.717, 1.165) is 14.9 Å². The van der Waals surface area contributed by atoms with Gasteiger partial charge in [0.1, 0.15) is 10.8 Å². The number of ether oxygens (including phenoxy) is 2. The number of hydrogen-bond donors (Lipinski definition) is 2. The molecule has 10 nitrogen and oxygen atoms in total. The van der Waals surface area contributed by atoms with Gasteiger partial charge in [-0.3, -0.25) is 24.1 Å². The number of fused-ring (bicyclic) bond motifs is 1. The van der Waals surface area contributed by atoms with Gasteiger partial charge in [0.2, 0.25) is 0 Å². The monoisotopic (exact) mass is 714 g/mol. The van der Waals surface area contributed by atoms with Crippen LogP contribution < -0.4 is 10.6 Å². The normalized spacial score (nSPS) is 17.8. The molecule has 0 bridgehead atoms. The highest BCUT2D eigenvalue weighted by atomic mass is 127. The molecule has 0 radical (unpaired) electrons. The molecule has 1 aromatic carbocycles. The van der Waals surface area contributed by atoms with Gasteiger partial charge in [-0.1, -0.05) is 13.8 Å². The first-order chi connectivity index (χ1) is 19.9. The van der Waals surface area contributed by atoms with E-state index in [2.05, 4.69) is 10.6 Å². The van der Waals surface area contributed by atoms with E-state index >= 15 is 0 Å². The average molecular weight is 715 g/mol. The molecule has 2 amide bonds. The molecule has 4 rings (SSSR count). The van der Waals surface area contributed by atoms with Gasteiger partial charge in [-0.15, -0.1) is 11.3 Å². The first-order valence-electron chi connectivity index (χ1n) is 13.9. The molecule has 1 fully saturated rings. The minimum absolute atomic E-state index is 0.111. The minimum atomic E-state index is -0.469. The molecule has 2 aliphatic heterocycles. The highest BCUT2D eigenvalue weighted by molar-refractivity contribution is 14.1. The van der Waals surface area contributed by atoms with E-state index in [1.807, 2.05) is 36.4 Å². The number of amides is 2. The first-order valence-corrected chi connectivity index (χ1v) is 15.8. The number of esters is 2. The number of halogens is 2. The molecule has 1 unspecified atom stereocenters. The topological polar surface area (TPSA) is 117 Å². The molecule has 0 saturated carbocycles. The summed E-state index contributed by atoms with van der Waals surface area (Å²) in [5, 5.41) is 6.44. The fraction of sp³-hybridized carbons (Fsp3) is 0.517. The second-order valence-corrected chi connectivity index (χ2v) is 13.4. The van der Waals surface area contributed by atoms with E-state index in [1.165, 1.54) is 6.07 Å². The van der Waals surface area contributed by atoms with Crippen molar-refractivity contribution >= 4 is 68.4 Å². The maximum absolute atomic E-state index is 14.9. The number of hydrogen-bond acceptors (Lipinski definition) is 9. The van der Waals surface area contributed by atoms with Crippen molar-refractivity contribution in [3.63, 3.8) is 0 Å². The zero-order chi connectivity index (χ0) is 30.6. The van der Waals surface area contributed by atoms with E-state index in [9.17, 15) is 23.6 Å². The summed E-state index contributed by atoms with van der Waals surface area (Å²) >= 11 is 3.17. The van der Waals surface area contributed by atoms with Crippen LogP contribution in [0.15, 0.2) is 18.2 Å². The molecule has 1 saturated heterocycles. The number of carbonyl (C=O) groups excluding carboxylic acids is 4. The zero-order valence-corrected chi connectivity index (χ0v) is 27.2. The summed E-state index contributed by atoms with van der Waals surface area (Å²) < 4.78 is 25.8. The Morgan fingerprint density at radius 2 is 1.86 bits per heavy atom. The summed E-state index contributed by atoms with van der Waals surface area (Å²) in [7, 11) is 0. The molecule has 13 heteroatoms. The van der Waals surface area contributed by atoms with Gasteiger partial charge in [-0.05, 0) is 78.5 Å². The number of carbonyl (C=O) groups is 4. The predicted octanol–water partition coefficient (Wildman–Crippen LogP) is 4.19. The Balaban J connectivity index is 1.66. The van der Waals surface area contributed by atoms with Crippen LogP contribution in [0.25, 0.3) is 0 Å². The van der Waals surface area contributed by atoms with Crippen LogP contribution in [0, 0.1) is 14.8 Å². The summed E-state index contributed by atoms with van der Waals surface area (Å²) in [6.07, 6.45) is 1.00. The van der Waals surface area contributed by atoms with Crippen molar-refractivity contribution in [2.24, 2.45) is 5.41 Å². The molecular formula is C29H36FIN4O6S. The zero-order valence-electron chi connectivity index (χ0n) is 24.2. The molecule has 2 aliphatic rings. The van der Waals surface area contributed by atoms with Crippen LogP contribution in [0.3, 0.4) is 0 Å². The number of nitrogens with zero attached hydrogens (tertiary/aromatic N) is 2. The molecule has 2 N–H and O–H groups in total. The first kappa shape index (κ1) is 32.1. The van der Waals surface area contributed by atoms with Gasteiger partial charge < -0.3 is 25.0 Å². The molecule has 42 heavy (non-hydrogen) atoms. The number of benzene rings is 1. The number of nitrogens with one attached hydrogen (secondary N) is 2. The lowest BCUT2D eigenvalue weighted by molar-refractivity contribution is -0.149. The lowest BCUT2D eigenvalue weighted by atomic mass is 9.85. The molecule has 1 atom stereocenters. The highest BCUT2D eigenvalue weighted by Crippen LogP contribution is 2.41. The Morgan fingerprint density at radius 1 is 1.19 bits per heavy atom. The minimum Gasteiger partial charge on any atom is -0.465 e. The Labute approximate surface area is 262 Å². The third-order valence-electron chi connectivity index (χ3n) is 7.23. The van der Waals surface area contributed by atoms with Gasteiger partial charge in [-0.25, -0.2) is 4.39 Å².